The topological polar surface area (TPSA) is 46.6 Å². The van der Waals surface area contributed by atoms with Gasteiger partial charge in [-0.05, 0) is 42.9 Å². The van der Waals surface area contributed by atoms with Crippen molar-refractivity contribution < 1.29 is 18.7 Å². The average Bonchev–Trinajstić information content (AvgIpc) is 2.67. The molecule has 4 nitrogen and oxygen atoms in total. The van der Waals surface area contributed by atoms with Crippen LogP contribution in [0.2, 0.25) is 5.02 Å². The van der Waals surface area contributed by atoms with E-state index in [9.17, 15) is 14.0 Å². The third-order valence-electron chi connectivity index (χ3n) is 4.83. The molecule has 2 aromatic rings. The molecule has 1 heterocycles. The molecule has 0 radical (unpaired) electrons. The number of piperidine rings is 1. The second-order valence-electron chi connectivity index (χ2n) is 6.69. The first-order valence-corrected chi connectivity index (χ1v) is 9.35. The summed E-state index contributed by atoms with van der Waals surface area (Å²) in [6.45, 7) is 0.857. The van der Waals surface area contributed by atoms with Gasteiger partial charge < -0.3 is 9.64 Å². The molecule has 0 aliphatic carbocycles. The average molecular weight is 390 g/mol. The molecule has 142 valence electrons. The Morgan fingerprint density at radius 3 is 2.44 bits per heavy atom. The monoisotopic (exact) mass is 389 g/mol. The normalized spacial score (nSPS) is 14.8. The predicted molar refractivity (Wildman–Crippen MR) is 101 cm³/mol. The Bertz CT molecular complexity index is 784. The lowest BCUT2D eigenvalue weighted by Gasteiger charge is -2.32. The van der Waals surface area contributed by atoms with E-state index >= 15 is 0 Å². The standard InChI is InChI=1S/C21H21ClFNO3/c22-17-7-4-8-18(23)20(17)21(26)27-14-19(25)24-11-9-16(10-12-24)13-15-5-2-1-3-6-15/h1-8,16H,9-14H2. The molecule has 2 aromatic carbocycles. The van der Waals surface area contributed by atoms with E-state index in [4.69, 9.17) is 16.3 Å². The lowest BCUT2D eigenvalue weighted by Crippen LogP contribution is -2.41. The maximum atomic E-state index is 13.7. The van der Waals surface area contributed by atoms with E-state index in [0.29, 0.717) is 19.0 Å². The van der Waals surface area contributed by atoms with Crippen molar-refractivity contribution in [3.8, 4) is 0 Å². The Morgan fingerprint density at radius 1 is 1.07 bits per heavy atom. The molecule has 3 rings (SSSR count). The SMILES string of the molecule is O=C(OCC(=O)N1CCC(Cc2ccccc2)CC1)c1c(F)cccc1Cl. The van der Waals surface area contributed by atoms with Crippen LogP contribution in [0.25, 0.3) is 0 Å². The van der Waals surface area contributed by atoms with Crippen molar-refractivity contribution in [2.75, 3.05) is 19.7 Å². The molecule has 0 spiro atoms. The zero-order valence-electron chi connectivity index (χ0n) is 14.9. The van der Waals surface area contributed by atoms with Crippen LogP contribution in [-0.4, -0.2) is 36.5 Å². The van der Waals surface area contributed by atoms with Crippen LogP contribution in [0.3, 0.4) is 0 Å². The van der Waals surface area contributed by atoms with Crippen LogP contribution in [0, 0.1) is 11.7 Å². The van der Waals surface area contributed by atoms with E-state index in [-0.39, 0.29) is 16.5 Å². The Labute approximate surface area is 162 Å². The van der Waals surface area contributed by atoms with Gasteiger partial charge in [0.05, 0.1) is 5.02 Å². The number of carbonyl (C=O) groups is 2. The fraction of sp³-hybridized carbons (Fsp3) is 0.333. The third kappa shape index (κ3) is 5.07. The lowest BCUT2D eigenvalue weighted by molar-refractivity contribution is -0.135. The van der Waals surface area contributed by atoms with Crippen LogP contribution in [0.1, 0.15) is 28.8 Å². The number of benzene rings is 2. The number of hydrogen-bond acceptors (Lipinski definition) is 3. The van der Waals surface area contributed by atoms with Crippen LogP contribution in [0.5, 0.6) is 0 Å². The summed E-state index contributed by atoms with van der Waals surface area (Å²) in [6, 6.07) is 14.2. The summed E-state index contributed by atoms with van der Waals surface area (Å²) < 4.78 is 18.7. The van der Waals surface area contributed by atoms with Crippen LogP contribution < -0.4 is 0 Å². The van der Waals surface area contributed by atoms with Gasteiger partial charge in [0.2, 0.25) is 0 Å². The minimum absolute atomic E-state index is 0.0332. The molecule has 1 amide bonds. The van der Waals surface area contributed by atoms with Gasteiger partial charge in [0.15, 0.2) is 6.61 Å². The smallest absolute Gasteiger partial charge is 0.343 e. The molecule has 1 fully saturated rings. The third-order valence-corrected chi connectivity index (χ3v) is 5.14. The molecule has 6 heteroatoms. The number of amides is 1. The Morgan fingerprint density at radius 2 is 1.78 bits per heavy atom. The van der Waals surface area contributed by atoms with E-state index < -0.39 is 18.4 Å². The molecule has 1 saturated heterocycles. The van der Waals surface area contributed by atoms with Gasteiger partial charge in [0.25, 0.3) is 5.91 Å². The van der Waals surface area contributed by atoms with Crippen molar-refractivity contribution in [2.24, 2.45) is 5.92 Å². The number of ether oxygens (including phenoxy) is 1. The van der Waals surface area contributed by atoms with Gasteiger partial charge in [-0.25, -0.2) is 9.18 Å². The molecule has 0 atom stereocenters. The maximum absolute atomic E-state index is 13.7. The van der Waals surface area contributed by atoms with Gasteiger partial charge >= 0.3 is 5.97 Å². The van der Waals surface area contributed by atoms with Crippen LogP contribution in [0.4, 0.5) is 4.39 Å². The Hall–Kier alpha value is -2.40. The van der Waals surface area contributed by atoms with Gasteiger partial charge in [-0.2, -0.15) is 0 Å². The van der Waals surface area contributed by atoms with Crippen molar-refractivity contribution in [2.45, 2.75) is 19.3 Å². The first-order chi connectivity index (χ1) is 13.0. The summed E-state index contributed by atoms with van der Waals surface area (Å²) in [7, 11) is 0. The van der Waals surface area contributed by atoms with Crippen LogP contribution in [0.15, 0.2) is 48.5 Å². The van der Waals surface area contributed by atoms with E-state index in [1.165, 1.54) is 17.7 Å². The number of carbonyl (C=O) groups excluding carboxylic acids is 2. The molecular weight excluding hydrogens is 369 g/mol. The number of halogens is 2. The lowest BCUT2D eigenvalue weighted by atomic mass is 9.90. The molecule has 0 unspecified atom stereocenters. The van der Waals surface area contributed by atoms with Crippen molar-refractivity contribution >= 4 is 23.5 Å². The summed E-state index contributed by atoms with van der Waals surface area (Å²) in [5.41, 5.74) is 0.964. The van der Waals surface area contributed by atoms with Crippen LogP contribution >= 0.6 is 11.6 Å². The van der Waals surface area contributed by atoms with Crippen LogP contribution in [-0.2, 0) is 16.0 Å². The second kappa shape index (κ2) is 9.00. The second-order valence-corrected chi connectivity index (χ2v) is 7.09. The summed E-state index contributed by atoms with van der Waals surface area (Å²) in [5, 5.41) is -0.0332. The fourth-order valence-electron chi connectivity index (χ4n) is 3.32. The largest absolute Gasteiger partial charge is 0.452 e. The fourth-order valence-corrected chi connectivity index (χ4v) is 3.56. The molecule has 1 aliphatic heterocycles. The maximum Gasteiger partial charge on any atom is 0.343 e. The summed E-state index contributed by atoms with van der Waals surface area (Å²) in [6.07, 6.45) is 2.82. The van der Waals surface area contributed by atoms with E-state index in [0.717, 1.165) is 25.3 Å². The van der Waals surface area contributed by atoms with Crippen molar-refractivity contribution in [3.05, 3.63) is 70.5 Å². The Kier molecular flexibility index (Phi) is 6.45. The number of rotatable bonds is 5. The molecule has 0 saturated carbocycles. The summed E-state index contributed by atoms with van der Waals surface area (Å²) in [4.78, 5) is 26.0. The highest BCUT2D eigenvalue weighted by atomic mass is 35.5. The molecule has 27 heavy (non-hydrogen) atoms. The highest BCUT2D eigenvalue weighted by Gasteiger charge is 2.25. The van der Waals surface area contributed by atoms with Gasteiger partial charge in [-0.1, -0.05) is 48.0 Å². The number of hydrogen-bond donors (Lipinski definition) is 0. The number of nitrogens with zero attached hydrogens (tertiary/aromatic N) is 1. The number of likely N-dealkylation sites (tertiary alicyclic amines) is 1. The highest BCUT2D eigenvalue weighted by molar-refractivity contribution is 6.33. The van der Waals surface area contributed by atoms with E-state index in [1.54, 1.807) is 4.90 Å². The van der Waals surface area contributed by atoms with E-state index in [1.807, 2.05) is 18.2 Å². The van der Waals surface area contributed by atoms with Gasteiger partial charge in [-0.15, -0.1) is 0 Å². The Balaban J connectivity index is 1.46. The molecule has 0 aromatic heterocycles. The zero-order valence-corrected chi connectivity index (χ0v) is 15.6. The minimum atomic E-state index is -0.926. The van der Waals surface area contributed by atoms with Gasteiger partial charge in [-0.3, -0.25) is 4.79 Å². The van der Waals surface area contributed by atoms with Gasteiger partial charge in [0.1, 0.15) is 11.4 Å². The highest BCUT2D eigenvalue weighted by Crippen LogP contribution is 2.22. The quantitative estimate of drug-likeness (QED) is 0.723. The molecule has 1 aliphatic rings. The van der Waals surface area contributed by atoms with E-state index in [2.05, 4.69) is 12.1 Å². The predicted octanol–water partition coefficient (Wildman–Crippen LogP) is 4.12. The van der Waals surface area contributed by atoms with Gasteiger partial charge in [0, 0.05) is 13.1 Å². The number of esters is 1. The molecule has 0 N–H and O–H groups in total. The summed E-state index contributed by atoms with van der Waals surface area (Å²) in [5.74, 6) is -1.42. The van der Waals surface area contributed by atoms with Crippen molar-refractivity contribution in [1.82, 2.24) is 4.90 Å². The summed E-state index contributed by atoms with van der Waals surface area (Å²) >= 11 is 5.83. The molecular formula is C21H21ClFNO3. The minimum Gasteiger partial charge on any atom is -0.452 e. The first kappa shape index (κ1) is 19.4. The van der Waals surface area contributed by atoms with Crippen molar-refractivity contribution in [3.63, 3.8) is 0 Å². The zero-order chi connectivity index (χ0) is 19.2. The first-order valence-electron chi connectivity index (χ1n) is 8.97. The molecule has 0 bridgehead atoms. The van der Waals surface area contributed by atoms with Crippen molar-refractivity contribution in [1.29, 1.82) is 0 Å².